The monoisotopic (exact) mass is 260 g/mol. The molecule has 0 bridgehead atoms. The molecule has 0 fully saturated rings. The highest BCUT2D eigenvalue weighted by molar-refractivity contribution is 5.96. The molecule has 19 heavy (non-hydrogen) atoms. The van der Waals surface area contributed by atoms with E-state index in [0.717, 1.165) is 17.9 Å². The summed E-state index contributed by atoms with van der Waals surface area (Å²) < 4.78 is 0. The predicted molar refractivity (Wildman–Crippen MR) is 78.5 cm³/mol. The largest absolute Gasteiger partial charge is 0.291 e. The Morgan fingerprint density at radius 3 is 2.21 bits per heavy atom. The lowest BCUT2D eigenvalue weighted by atomic mass is 9.90. The van der Waals surface area contributed by atoms with Gasteiger partial charge in [0.15, 0.2) is 0 Å². The van der Waals surface area contributed by atoms with Crippen LogP contribution in [-0.4, -0.2) is 16.4 Å². The Kier molecular flexibility index (Phi) is 3.20. The first-order valence-corrected chi connectivity index (χ1v) is 6.94. The van der Waals surface area contributed by atoms with Gasteiger partial charge in [-0.2, -0.15) is 0 Å². The molecule has 0 spiro atoms. The summed E-state index contributed by atoms with van der Waals surface area (Å²) >= 11 is 0. The zero-order valence-corrected chi connectivity index (χ0v) is 12.9. The molecule has 104 valence electrons. The molecule has 0 atom stereocenters. The standard InChI is InChI=1S/C16H24N2O/c1-15(2,3)12-9-7-11-8-10-13(19)18(14(11)17-12)16(4,5)6/h7,9H,8,10H2,1-6H3. The molecule has 0 N–H and O–H groups in total. The van der Waals surface area contributed by atoms with E-state index in [-0.39, 0.29) is 16.9 Å². The third-order valence-corrected chi connectivity index (χ3v) is 3.46. The summed E-state index contributed by atoms with van der Waals surface area (Å²) in [5.74, 6) is 1.04. The highest BCUT2D eigenvalue weighted by Crippen LogP contribution is 2.33. The van der Waals surface area contributed by atoms with Gasteiger partial charge in [0, 0.05) is 23.1 Å². The maximum atomic E-state index is 12.3. The molecule has 3 heteroatoms. The molecule has 0 radical (unpaired) electrons. The van der Waals surface area contributed by atoms with E-state index in [1.54, 1.807) is 0 Å². The third kappa shape index (κ3) is 2.65. The van der Waals surface area contributed by atoms with Gasteiger partial charge in [-0.15, -0.1) is 0 Å². The molecule has 1 aromatic heterocycles. The Morgan fingerprint density at radius 2 is 1.68 bits per heavy atom. The van der Waals surface area contributed by atoms with Gasteiger partial charge in [-0.3, -0.25) is 9.69 Å². The van der Waals surface area contributed by atoms with Gasteiger partial charge in [0.1, 0.15) is 5.82 Å². The van der Waals surface area contributed by atoms with Crippen LogP contribution in [0.3, 0.4) is 0 Å². The van der Waals surface area contributed by atoms with Crippen molar-refractivity contribution in [3.63, 3.8) is 0 Å². The number of amides is 1. The van der Waals surface area contributed by atoms with Gasteiger partial charge in [-0.25, -0.2) is 4.98 Å². The van der Waals surface area contributed by atoms with Crippen LogP contribution in [0.5, 0.6) is 0 Å². The second-order valence-corrected chi connectivity index (χ2v) is 7.33. The van der Waals surface area contributed by atoms with E-state index in [9.17, 15) is 4.79 Å². The number of anilines is 1. The van der Waals surface area contributed by atoms with Crippen LogP contribution >= 0.6 is 0 Å². The van der Waals surface area contributed by atoms with Gasteiger partial charge in [-0.05, 0) is 38.8 Å². The van der Waals surface area contributed by atoms with E-state index in [1.165, 1.54) is 5.56 Å². The molecule has 1 aliphatic rings. The van der Waals surface area contributed by atoms with E-state index in [0.29, 0.717) is 6.42 Å². The highest BCUT2D eigenvalue weighted by atomic mass is 16.2. The molecule has 0 saturated carbocycles. The van der Waals surface area contributed by atoms with Crippen molar-refractivity contribution in [3.8, 4) is 0 Å². The van der Waals surface area contributed by atoms with Gasteiger partial charge in [0.2, 0.25) is 5.91 Å². The minimum atomic E-state index is -0.226. The first-order chi connectivity index (χ1) is 8.60. The second kappa shape index (κ2) is 4.32. The summed E-state index contributed by atoms with van der Waals surface area (Å²) in [7, 11) is 0. The van der Waals surface area contributed by atoms with Crippen LogP contribution in [0.2, 0.25) is 0 Å². The third-order valence-electron chi connectivity index (χ3n) is 3.46. The van der Waals surface area contributed by atoms with E-state index in [2.05, 4.69) is 53.7 Å². The lowest BCUT2D eigenvalue weighted by Crippen LogP contribution is -2.49. The van der Waals surface area contributed by atoms with Crippen molar-refractivity contribution in [1.82, 2.24) is 4.98 Å². The summed E-state index contributed by atoms with van der Waals surface area (Å²) in [6.45, 7) is 12.6. The fourth-order valence-corrected chi connectivity index (χ4v) is 2.45. The van der Waals surface area contributed by atoms with Crippen molar-refractivity contribution < 1.29 is 4.79 Å². The van der Waals surface area contributed by atoms with Crippen molar-refractivity contribution in [2.45, 2.75) is 65.3 Å². The zero-order chi connectivity index (χ0) is 14.4. The van der Waals surface area contributed by atoms with Crippen LogP contribution in [0.1, 0.15) is 59.2 Å². The second-order valence-electron chi connectivity index (χ2n) is 7.33. The highest BCUT2D eigenvalue weighted by Gasteiger charge is 2.34. The number of nitrogens with zero attached hydrogens (tertiary/aromatic N) is 2. The van der Waals surface area contributed by atoms with Crippen molar-refractivity contribution in [1.29, 1.82) is 0 Å². The van der Waals surface area contributed by atoms with Gasteiger partial charge >= 0.3 is 0 Å². The average molecular weight is 260 g/mol. The summed E-state index contributed by atoms with van der Waals surface area (Å²) in [4.78, 5) is 18.9. The number of fused-ring (bicyclic) bond motifs is 1. The van der Waals surface area contributed by atoms with Crippen molar-refractivity contribution >= 4 is 11.7 Å². The van der Waals surface area contributed by atoms with E-state index >= 15 is 0 Å². The van der Waals surface area contributed by atoms with Gasteiger partial charge in [0.05, 0.1) is 0 Å². The zero-order valence-electron chi connectivity index (χ0n) is 12.9. The molecule has 0 aliphatic carbocycles. The van der Waals surface area contributed by atoms with Gasteiger partial charge in [-0.1, -0.05) is 26.8 Å². The van der Waals surface area contributed by atoms with Crippen molar-refractivity contribution in [3.05, 3.63) is 23.4 Å². The number of aryl methyl sites for hydroxylation is 1. The number of aromatic nitrogens is 1. The molecule has 0 unspecified atom stereocenters. The normalized spacial score (nSPS) is 16.5. The number of pyridine rings is 1. The number of carbonyl (C=O) groups is 1. The Hall–Kier alpha value is -1.38. The Labute approximate surface area is 116 Å². The first kappa shape index (κ1) is 14.0. The molecule has 1 aromatic rings. The molecular weight excluding hydrogens is 236 g/mol. The van der Waals surface area contributed by atoms with Crippen LogP contribution in [-0.2, 0) is 16.6 Å². The molecule has 1 amide bonds. The summed E-state index contributed by atoms with van der Waals surface area (Å²) in [5, 5.41) is 0. The van der Waals surface area contributed by atoms with E-state index < -0.39 is 0 Å². The van der Waals surface area contributed by atoms with E-state index in [1.807, 2.05) is 4.90 Å². The minimum Gasteiger partial charge on any atom is -0.291 e. The molecule has 0 saturated heterocycles. The smallest absolute Gasteiger partial charge is 0.228 e. The topological polar surface area (TPSA) is 33.2 Å². The number of hydrogen-bond acceptors (Lipinski definition) is 2. The molecule has 0 aromatic carbocycles. The Balaban J connectivity index is 2.57. The lowest BCUT2D eigenvalue weighted by molar-refractivity contribution is -0.119. The molecular formula is C16H24N2O. The van der Waals surface area contributed by atoms with Gasteiger partial charge < -0.3 is 0 Å². The first-order valence-electron chi connectivity index (χ1n) is 6.94. The molecule has 3 nitrogen and oxygen atoms in total. The van der Waals surface area contributed by atoms with Crippen molar-refractivity contribution in [2.24, 2.45) is 0 Å². The summed E-state index contributed by atoms with van der Waals surface area (Å²) in [5.41, 5.74) is 1.99. The summed E-state index contributed by atoms with van der Waals surface area (Å²) in [6.07, 6.45) is 1.39. The van der Waals surface area contributed by atoms with Crippen LogP contribution in [0.4, 0.5) is 5.82 Å². The predicted octanol–water partition coefficient (Wildman–Crippen LogP) is 3.46. The molecule has 2 heterocycles. The van der Waals surface area contributed by atoms with Crippen LogP contribution < -0.4 is 4.90 Å². The maximum Gasteiger partial charge on any atom is 0.228 e. The van der Waals surface area contributed by atoms with Gasteiger partial charge in [0.25, 0.3) is 0 Å². The van der Waals surface area contributed by atoms with E-state index in [4.69, 9.17) is 4.98 Å². The quantitative estimate of drug-likeness (QED) is 0.715. The average Bonchev–Trinajstić information content (AvgIpc) is 2.24. The van der Waals surface area contributed by atoms with Crippen LogP contribution in [0.25, 0.3) is 0 Å². The number of carbonyl (C=O) groups excluding carboxylic acids is 1. The Morgan fingerprint density at radius 1 is 1.05 bits per heavy atom. The molecule has 2 rings (SSSR count). The fraction of sp³-hybridized carbons (Fsp3) is 0.625. The lowest BCUT2D eigenvalue weighted by Gasteiger charge is -2.39. The minimum absolute atomic E-state index is 0.000914. The van der Waals surface area contributed by atoms with Crippen LogP contribution in [0, 0.1) is 0 Å². The van der Waals surface area contributed by atoms with Crippen molar-refractivity contribution in [2.75, 3.05) is 4.90 Å². The fourth-order valence-electron chi connectivity index (χ4n) is 2.45. The van der Waals surface area contributed by atoms with Crippen LogP contribution in [0.15, 0.2) is 12.1 Å². The number of hydrogen-bond donors (Lipinski definition) is 0. The summed E-state index contributed by atoms with van der Waals surface area (Å²) in [6, 6.07) is 4.23. The SMILES string of the molecule is CC(C)(C)c1ccc2c(n1)N(C(C)(C)C)C(=O)CC2. The maximum absolute atomic E-state index is 12.3. The number of rotatable bonds is 0. The Bertz CT molecular complexity index is 506. The molecule has 1 aliphatic heterocycles.